The van der Waals surface area contributed by atoms with Gasteiger partial charge in [0.2, 0.25) is 0 Å². The lowest BCUT2D eigenvalue weighted by molar-refractivity contribution is 0.0518. The van der Waals surface area contributed by atoms with Gasteiger partial charge in [-0.05, 0) is 44.4 Å². The minimum absolute atomic E-state index is 0.103. The zero-order valence-corrected chi connectivity index (χ0v) is 14.7. The van der Waals surface area contributed by atoms with Crippen LogP contribution >= 0.6 is 0 Å². The number of alkyl carbamates (subject to hydrolysis) is 1. The number of carbonyl (C=O) groups is 1. The van der Waals surface area contributed by atoms with Gasteiger partial charge in [0, 0.05) is 6.04 Å². The summed E-state index contributed by atoms with van der Waals surface area (Å²) in [5, 5.41) is 2.80. The number of benzene rings is 2. The molecular weight excluding hydrogens is 298 g/mol. The number of carbonyl (C=O) groups excluding carboxylic acids is 1. The molecule has 0 aromatic heterocycles. The topological polar surface area (TPSA) is 38.3 Å². The van der Waals surface area contributed by atoms with Crippen LogP contribution in [0.4, 0.5) is 4.79 Å². The summed E-state index contributed by atoms with van der Waals surface area (Å²) < 4.78 is 5.24. The zero-order chi connectivity index (χ0) is 17.6. The van der Waals surface area contributed by atoms with Crippen molar-refractivity contribution in [3.05, 3.63) is 66.2 Å². The number of hydrogen-bond donors (Lipinski definition) is 1. The lowest BCUT2D eigenvalue weighted by atomic mass is 10.0. The molecule has 1 atom stereocenters. The molecule has 0 bridgehead atoms. The monoisotopic (exact) mass is 323 g/mol. The van der Waals surface area contributed by atoms with Crippen molar-refractivity contribution < 1.29 is 9.53 Å². The van der Waals surface area contributed by atoms with Crippen LogP contribution in [0, 0.1) is 0 Å². The van der Waals surface area contributed by atoms with Gasteiger partial charge < -0.3 is 10.1 Å². The predicted octanol–water partition coefficient (Wildman–Crippen LogP) is 5.28. The molecule has 2 aromatic rings. The maximum absolute atomic E-state index is 11.7. The van der Waals surface area contributed by atoms with Crippen molar-refractivity contribution in [2.45, 2.75) is 39.3 Å². The summed E-state index contributed by atoms with van der Waals surface area (Å²) in [4.78, 5) is 11.7. The normalized spacial score (nSPS) is 12.8. The third-order valence-corrected chi connectivity index (χ3v) is 3.34. The molecule has 0 radical (unpaired) electrons. The van der Waals surface area contributed by atoms with E-state index in [-0.39, 0.29) is 6.04 Å². The first kappa shape index (κ1) is 17.8. The molecule has 0 saturated heterocycles. The third-order valence-electron chi connectivity index (χ3n) is 3.34. The van der Waals surface area contributed by atoms with Crippen LogP contribution in [-0.4, -0.2) is 17.7 Å². The van der Waals surface area contributed by atoms with E-state index in [4.69, 9.17) is 4.74 Å². The largest absolute Gasteiger partial charge is 0.444 e. The van der Waals surface area contributed by atoms with E-state index in [1.54, 1.807) is 0 Å². The van der Waals surface area contributed by atoms with Gasteiger partial charge in [0.25, 0.3) is 0 Å². The molecule has 0 aliphatic heterocycles. The third kappa shape index (κ3) is 5.92. The van der Waals surface area contributed by atoms with E-state index in [0.717, 1.165) is 5.56 Å². The maximum atomic E-state index is 11.7. The van der Waals surface area contributed by atoms with E-state index in [1.165, 1.54) is 11.1 Å². The van der Waals surface area contributed by atoms with Crippen LogP contribution in [0.2, 0.25) is 0 Å². The Bertz CT molecular complexity index is 682. The van der Waals surface area contributed by atoms with Gasteiger partial charge in [-0.1, -0.05) is 66.7 Å². The molecule has 2 aromatic carbocycles. The fourth-order valence-electron chi connectivity index (χ4n) is 2.21. The second-order valence-electron chi connectivity index (χ2n) is 6.78. The highest BCUT2D eigenvalue weighted by Gasteiger charge is 2.16. The van der Waals surface area contributed by atoms with Crippen molar-refractivity contribution in [3.63, 3.8) is 0 Å². The summed E-state index contributed by atoms with van der Waals surface area (Å²) in [5.41, 5.74) is 2.99. The summed E-state index contributed by atoms with van der Waals surface area (Å²) >= 11 is 0. The molecule has 0 fully saturated rings. The number of amides is 1. The van der Waals surface area contributed by atoms with E-state index < -0.39 is 11.7 Å². The minimum atomic E-state index is -0.485. The number of rotatable bonds is 4. The van der Waals surface area contributed by atoms with Crippen molar-refractivity contribution in [2.75, 3.05) is 0 Å². The summed E-state index contributed by atoms with van der Waals surface area (Å²) in [5.74, 6) is 0. The molecule has 126 valence electrons. The average molecular weight is 323 g/mol. The fourth-order valence-corrected chi connectivity index (χ4v) is 2.21. The molecule has 0 aliphatic rings. The Balaban J connectivity index is 1.93. The van der Waals surface area contributed by atoms with Gasteiger partial charge in [-0.3, -0.25) is 0 Å². The van der Waals surface area contributed by atoms with Crippen molar-refractivity contribution in [3.8, 4) is 11.1 Å². The Labute approximate surface area is 144 Å². The van der Waals surface area contributed by atoms with Crippen LogP contribution in [0.3, 0.4) is 0 Å². The second-order valence-corrected chi connectivity index (χ2v) is 6.78. The molecule has 1 amide bonds. The van der Waals surface area contributed by atoms with Gasteiger partial charge in [0.1, 0.15) is 5.60 Å². The van der Waals surface area contributed by atoms with Crippen molar-refractivity contribution in [1.82, 2.24) is 5.32 Å². The van der Waals surface area contributed by atoms with Crippen LogP contribution in [0.25, 0.3) is 17.2 Å². The Morgan fingerprint density at radius 1 is 1.00 bits per heavy atom. The number of nitrogens with one attached hydrogen (secondary N) is 1. The molecule has 2 rings (SSSR count). The molecule has 0 unspecified atom stereocenters. The van der Waals surface area contributed by atoms with Crippen molar-refractivity contribution in [1.29, 1.82) is 0 Å². The fraction of sp³-hybridized carbons (Fsp3) is 0.286. The lowest BCUT2D eigenvalue weighted by Gasteiger charge is -2.21. The summed E-state index contributed by atoms with van der Waals surface area (Å²) in [6, 6.07) is 18.5. The molecule has 0 saturated carbocycles. The Morgan fingerprint density at radius 3 is 2.17 bits per heavy atom. The molecule has 0 heterocycles. The van der Waals surface area contributed by atoms with E-state index in [1.807, 2.05) is 58.0 Å². The Hall–Kier alpha value is -2.55. The van der Waals surface area contributed by atoms with Gasteiger partial charge in [0.15, 0.2) is 0 Å². The molecule has 24 heavy (non-hydrogen) atoms. The van der Waals surface area contributed by atoms with Gasteiger partial charge in [-0.15, -0.1) is 0 Å². The van der Waals surface area contributed by atoms with Gasteiger partial charge in [0.05, 0.1) is 0 Å². The predicted molar refractivity (Wildman–Crippen MR) is 99.7 cm³/mol. The van der Waals surface area contributed by atoms with Crippen LogP contribution in [0.15, 0.2) is 60.7 Å². The lowest BCUT2D eigenvalue weighted by Crippen LogP contribution is -2.36. The average Bonchev–Trinajstić information content (AvgIpc) is 2.52. The van der Waals surface area contributed by atoms with Gasteiger partial charge in [-0.25, -0.2) is 4.79 Å². The quantitative estimate of drug-likeness (QED) is 0.831. The second kappa shape index (κ2) is 7.82. The van der Waals surface area contributed by atoms with Crippen LogP contribution in [0.5, 0.6) is 0 Å². The molecule has 1 N–H and O–H groups in total. The van der Waals surface area contributed by atoms with Crippen LogP contribution in [0.1, 0.15) is 33.3 Å². The standard InChI is InChI=1S/C21H25NO2/c1-16(22-20(23)24-21(2,3)4)10-11-17-12-14-19(15-13-17)18-8-6-5-7-9-18/h5-16H,1-4H3,(H,22,23)/b11-10+/t16-/m0/s1. The highest BCUT2D eigenvalue weighted by atomic mass is 16.6. The summed E-state index contributed by atoms with van der Waals surface area (Å²) in [7, 11) is 0. The number of hydrogen-bond acceptors (Lipinski definition) is 2. The smallest absolute Gasteiger partial charge is 0.408 e. The summed E-state index contributed by atoms with van der Waals surface area (Å²) in [6.45, 7) is 7.46. The first-order chi connectivity index (χ1) is 11.3. The van der Waals surface area contributed by atoms with Crippen molar-refractivity contribution >= 4 is 12.2 Å². The van der Waals surface area contributed by atoms with Crippen LogP contribution < -0.4 is 5.32 Å². The molecule has 3 nitrogen and oxygen atoms in total. The van der Waals surface area contributed by atoms with Gasteiger partial charge in [-0.2, -0.15) is 0 Å². The molecule has 0 spiro atoms. The SMILES string of the molecule is C[C@@H](/C=C/c1ccc(-c2ccccc2)cc1)NC(=O)OC(C)(C)C. The summed E-state index contributed by atoms with van der Waals surface area (Å²) in [6.07, 6.45) is 3.54. The Morgan fingerprint density at radius 2 is 1.58 bits per heavy atom. The highest BCUT2D eigenvalue weighted by molar-refractivity contribution is 5.69. The van der Waals surface area contributed by atoms with Crippen LogP contribution in [-0.2, 0) is 4.74 Å². The van der Waals surface area contributed by atoms with E-state index in [9.17, 15) is 4.79 Å². The molecule has 0 aliphatic carbocycles. The highest BCUT2D eigenvalue weighted by Crippen LogP contribution is 2.19. The Kier molecular flexibility index (Phi) is 5.80. The van der Waals surface area contributed by atoms with E-state index in [0.29, 0.717) is 0 Å². The first-order valence-corrected chi connectivity index (χ1v) is 8.17. The maximum Gasteiger partial charge on any atom is 0.408 e. The van der Waals surface area contributed by atoms with Gasteiger partial charge >= 0.3 is 6.09 Å². The van der Waals surface area contributed by atoms with E-state index in [2.05, 4.69) is 41.7 Å². The molecule has 3 heteroatoms. The number of ether oxygens (including phenoxy) is 1. The van der Waals surface area contributed by atoms with E-state index >= 15 is 0 Å². The zero-order valence-electron chi connectivity index (χ0n) is 14.7. The first-order valence-electron chi connectivity index (χ1n) is 8.17. The van der Waals surface area contributed by atoms with Crippen molar-refractivity contribution in [2.24, 2.45) is 0 Å². The molecular formula is C21H25NO2. The minimum Gasteiger partial charge on any atom is -0.444 e.